The summed E-state index contributed by atoms with van der Waals surface area (Å²) in [7, 11) is 0. The minimum absolute atomic E-state index is 0.464. The summed E-state index contributed by atoms with van der Waals surface area (Å²) in [6.45, 7) is 13.4. The van der Waals surface area contributed by atoms with Crippen LogP contribution in [0.5, 0.6) is 0 Å². The second kappa shape index (κ2) is 6.79. The molecule has 1 saturated carbocycles. The second-order valence-corrected chi connectivity index (χ2v) is 8.24. The van der Waals surface area contributed by atoms with Crippen LogP contribution >= 0.6 is 0 Å². The molecule has 1 unspecified atom stereocenters. The Morgan fingerprint density at radius 3 is 2.55 bits per heavy atom. The fourth-order valence-corrected chi connectivity index (χ4v) is 4.17. The van der Waals surface area contributed by atoms with Crippen molar-refractivity contribution in [2.75, 3.05) is 19.6 Å². The second-order valence-electron chi connectivity index (χ2n) is 8.24. The minimum atomic E-state index is 0.464. The summed E-state index contributed by atoms with van der Waals surface area (Å²) in [5, 5.41) is 3.87. The van der Waals surface area contributed by atoms with Gasteiger partial charge in [-0.05, 0) is 31.6 Å². The molecule has 118 valence electrons. The maximum atomic E-state index is 3.87. The molecule has 1 heterocycles. The van der Waals surface area contributed by atoms with Crippen molar-refractivity contribution in [1.29, 1.82) is 0 Å². The zero-order chi connectivity index (χ0) is 14.6. The Balaban J connectivity index is 1.88. The standard InChI is InChI=1S/C18H36N2/c1-5-6-7-10-17(3,4)14-20-15-18(11-8-9-12-18)19-13-16(20)2/h16,19H,5-15H2,1-4H3. The summed E-state index contributed by atoms with van der Waals surface area (Å²) >= 11 is 0. The Morgan fingerprint density at radius 1 is 1.20 bits per heavy atom. The van der Waals surface area contributed by atoms with Crippen LogP contribution in [0.25, 0.3) is 0 Å². The summed E-state index contributed by atoms with van der Waals surface area (Å²) in [5.41, 5.74) is 0.937. The van der Waals surface area contributed by atoms with Crippen LogP contribution in [0.4, 0.5) is 0 Å². The molecule has 20 heavy (non-hydrogen) atoms. The van der Waals surface area contributed by atoms with Gasteiger partial charge in [-0.2, -0.15) is 0 Å². The van der Waals surface area contributed by atoms with Crippen molar-refractivity contribution in [2.45, 2.75) is 90.6 Å². The molecule has 0 radical (unpaired) electrons. The Bertz CT molecular complexity index is 292. The van der Waals surface area contributed by atoms with Crippen LogP contribution in [0.1, 0.15) is 79.1 Å². The van der Waals surface area contributed by atoms with Gasteiger partial charge in [0.2, 0.25) is 0 Å². The third-order valence-electron chi connectivity index (χ3n) is 5.55. The smallest absolute Gasteiger partial charge is 0.0309 e. The zero-order valence-corrected chi connectivity index (χ0v) is 14.3. The summed E-state index contributed by atoms with van der Waals surface area (Å²) in [6.07, 6.45) is 11.1. The Labute approximate surface area is 126 Å². The molecule has 1 aliphatic heterocycles. The molecule has 2 fully saturated rings. The molecule has 1 spiro atoms. The quantitative estimate of drug-likeness (QED) is 0.734. The predicted molar refractivity (Wildman–Crippen MR) is 88.2 cm³/mol. The molecule has 1 atom stereocenters. The van der Waals surface area contributed by atoms with Crippen LogP contribution in [0.3, 0.4) is 0 Å². The first-order chi connectivity index (χ1) is 9.46. The van der Waals surface area contributed by atoms with E-state index in [1.165, 1.54) is 71.0 Å². The normalized spacial score (nSPS) is 27.3. The first-order valence-corrected chi connectivity index (χ1v) is 8.95. The van der Waals surface area contributed by atoms with Crippen molar-refractivity contribution >= 4 is 0 Å². The van der Waals surface area contributed by atoms with E-state index in [0.29, 0.717) is 17.0 Å². The van der Waals surface area contributed by atoms with Gasteiger partial charge in [-0.1, -0.05) is 52.9 Å². The van der Waals surface area contributed by atoms with E-state index in [-0.39, 0.29) is 0 Å². The SMILES string of the molecule is CCCCCC(C)(C)CN1CC2(CCCC2)NCC1C. The highest BCUT2D eigenvalue weighted by molar-refractivity contribution is 5.00. The van der Waals surface area contributed by atoms with Gasteiger partial charge in [-0.25, -0.2) is 0 Å². The fourth-order valence-electron chi connectivity index (χ4n) is 4.17. The summed E-state index contributed by atoms with van der Waals surface area (Å²) in [4.78, 5) is 2.79. The van der Waals surface area contributed by atoms with Gasteiger partial charge in [-0.15, -0.1) is 0 Å². The molecular formula is C18H36N2. The van der Waals surface area contributed by atoms with E-state index in [9.17, 15) is 0 Å². The molecule has 0 aromatic rings. The van der Waals surface area contributed by atoms with Crippen molar-refractivity contribution in [3.63, 3.8) is 0 Å². The number of piperazine rings is 1. The largest absolute Gasteiger partial charge is 0.308 e. The van der Waals surface area contributed by atoms with Crippen LogP contribution in [-0.4, -0.2) is 36.1 Å². The predicted octanol–water partition coefficient (Wildman–Crippen LogP) is 4.20. The molecule has 0 aromatic carbocycles. The van der Waals surface area contributed by atoms with Crippen molar-refractivity contribution < 1.29 is 0 Å². The lowest BCUT2D eigenvalue weighted by molar-refractivity contribution is 0.0522. The minimum Gasteiger partial charge on any atom is -0.308 e. The number of rotatable bonds is 6. The number of hydrogen-bond donors (Lipinski definition) is 1. The van der Waals surface area contributed by atoms with E-state index < -0.39 is 0 Å². The fraction of sp³-hybridized carbons (Fsp3) is 1.00. The summed E-state index contributed by atoms with van der Waals surface area (Å²) in [5.74, 6) is 0. The van der Waals surface area contributed by atoms with E-state index in [2.05, 4.69) is 37.9 Å². The van der Waals surface area contributed by atoms with E-state index in [0.717, 1.165) is 0 Å². The molecule has 2 heteroatoms. The molecule has 2 nitrogen and oxygen atoms in total. The topological polar surface area (TPSA) is 15.3 Å². The first kappa shape index (κ1) is 16.3. The molecule has 1 saturated heterocycles. The highest BCUT2D eigenvalue weighted by atomic mass is 15.3. The average Bonchev–Trinajstić information content (AvgIpc) is 2.82. The summed E-state index contributed by atoms with van der Waals surface area (Å²) in [6, 6.07) is 0.701. The van der Waals surface area contributed by atoms with Gasteiger partial charge in [0.15, 0.2) is 0 Å². The van der Waals surface area contributed by atoms with Gasteiger partial charge in [-0.3, -0.25) is 4.90 Å². The van der Waals surface area contributed by atoms with Gasteiger partial charge < -0.3 is 5.32 Å². The van der Waals surface area contributed by atoms with Crippen molar-refractivity contribution in [3.05, 3.63) is 0 Å². The van der Waals surface area contributed by atoms with Crippen LogP contribution in [0.2, 0.25) is 0 Å². The highest BCUT2D eigenvalue weighted by Crippen LogP contribution is 2.35. The van der Waals surface area contributed by atoms with E-state index >= 15 is 0 Å². The lowest BCUT2D eigenvalue weighted by Gasteiger charge is -2.47. The van der Waals surface area contributed by atoms with Crippen LogP contribution in [0, 0.1) is 5.41 Å². The molecule has 2 rings (SSSR count). The van der Waals surface area contributed by atoms with E-state index in [1.54, 1.807) is 0 Å². The Morgan fingerprint density at radius 2 is 1.90 bits per heavy atom. The molecule has 0 aromatic heterocycles. The lowest BCUT2D eigenvalue weighted by Crippen LogP contribution is -2.63. The molecule has 1 aliphatic carbocycles. The highest BCUT2D eigenvalue weighted by Gasteiger charge is 2.40. The van der Waals surface area contributed by atoms with Gasteiger partial charge in [0.05, 0.1) is 0 Å². The third kappa shape index (κ3) is 4.21. The lowest BCUT2D eigenvalue weighted by atomic mass is 9.84. The monoisotopic (exact) mass is 280 g/mol. The maximum Gasteiger partial charge on any atom is 0.0309 e. The molecular weight excluding hydrogens is 244 g/mol. The van der Waals surface area contributed by atoms with E-state index in [1.807, 2.05) is 0 Å². The molecule has 0 bridgehead atoms. The van der Waals surface area contributed by atoms with Crippen molar-refractivity contribution in [3.8, 4) is 0 Å². The van der Waals surface area contributed by atoms with Gasteiger partial charge >= 0.3 is 0 Å². The zero-order valence-electron chi connectivity index (χ0n) is 14.3. The van der Waals surface area contributed by atoms with Gasteiger partial charge in [0.1, 0.15) is 0 Å². The van der Waals surface area contributed by atoms with Crippen molar-refractivity contribution in [2.24, 2.45) is 5.41 Å². The number of nitrogens with zero attached hydrogens (tertiary/aromatic N) is 1. The van der Waals surface area contributed by atoms with E-state index in [4.69, 9.17) is 0 Å². The van der Waals surface area contributed by atoms with Crippen molar-refractivity contribution in [1.82, 2.24) is 10.2 Å². The summed E-state index contributed by atoms with van der Waals surface area (Å²) < 4.78 is 0. The Hall–Kier alpha value is -0.0800. The average molecular weight is 280 g/mol. The van der Waals surface area contributed by atoms with Gasteiger partial charge in [0, 0.05) is 31.2 Å². The Kier molecular flexibility index (Phi) is 5.53. The van der Waals surface area contributed by atoms with Crippen LogP contribution in [-0.2, 0) is 0 Å². The molecule has 0 amide bonds. The molecule has 2 aliphatic rings. The van der Waals surface area contributed by atoms with Gasteiger partial charge in [0.25, 0.3) is 0 Å². The maximum absolute atomic E-state index is 3.87. The third-order valence-corrected chi connectivity index (χ3v) is 5.55. The number of hydrogen-bond acceptors (Lipinski definition) is 2. The number of unbranched alkanes of at least 4 members (excludes halogenated alkanes) is 2. The van der Waals surface area contributed by atoms with Crippen LogP contribution in [0.15, 0.2) is 0 Å². The first-order valence-electron chi connectivity index (χ1n) is 8.95. The van der Waals surface area contributed by atoms with Crippen LogP contribution < -0.4 is 5.32 Å². The number of nitrogens with one attached hydrogen (secondary N) is 1. The molecule has 1 N–H and O–H groups in total.